The van der Waals surface area contributed by atoms with Crippen molar-refractivity contribution in [3.63, 3.8) is 0 Å². The summed E-state index contributed by atoms with van der Waals surface area (Å²) in [6, 6.07) is 13.0. The Labute approximate surface area is 190 Å². The highest BCUT2D eigenvalue weighted by Gasteiger charge is 2.16. The summed E-state index contributed by atoms with van der Waals surface area (Å²) in [7, 11) is 0. The van der Waals surface area contributed by atoms with Crippen LogP contribution in [0.5, 0.6) is 0 Å². The first-order valence-corrected chi connectivity index (χ1v) is 11.2. The number of nitrogens with one attached hydrogen (secondary N) is 2. The van der Waals surface area contributed by atoms with Crippen LogP contribution in [0.4, 0.5) is 11.4 Å². The second kappa shape index (κ2) is 10.5. The quantitative estimate of drug-likeness (QED) is 0.487. The standard InChI is InChI=1S/C22H24ClN5O2S/c1-4-28-19(12-20(29)25-17-10-7-15(3)18(23)11-17)26-27-22(28)31-13-21(30)24-16-8-5-14(2)6-9-16/h5-11H,4,12-13H2,1-3H3,(H,24,30)(H,25,29). The predicted octanol–water partition coefficient (Wildman–Crippen LogP) is 4.48. The lowest BCUT2D eigenvalue weighted by atomic mass is 10.2. The van der Waals surface area contributed by atoms with Crippen molar-refractivity contribution < 1.29 is 9.59 Å². The van der Waals surface area contributed by atoms with E-state index in [1.807, 2.05) is 55.7 Å². The van der Waals surface area contributed by atoms with Gasteiger partial charge in [-0.2, -0.15) is 0 Å². The monoisotopic (exact) mass is 457 g/mol. The second-order valence-corrected chi connectivity index (χ2v) is 8.38. The average molecular weight is 458 g/mol. The van der Waals surface area contributed by atoms with Crippen LogP contribution in [0.25, 0.3) is 0 Å². The zero-order valence-corrected chi connectivity index (χ0v) is 19.2. The first-order valence-electron chi connectivity index (χ1n) is 9.83. The molecule has 31 heavy (non-hydrogen) atoms. The van der Waals surface area contributed by atoms with Crippen LogP contribution in [-0.4, -0.2) is 32.3 Å². The summed E-state index contributed by atoms with van der Waals surface area (Å²) < 4.78 is 1.84. The minimum Gasteiger partial charge on any atom is -0.326 e. The van der Waals surface area contributed by atoms with Gasteiger partial charge in [0.05, 0.1) is 12.2 Å². The third-order valence-corrected chi connectivity index (χ3v) is 5.93. The summed E-state index contributed by atoms with van der Waals surface area (Å²) in [5.41, 5.74) is 3.45. The van der Waals surface area contributed by atoms with Crippen LogP contribution in [0.3, 0.4) is 0 Å². The molecule has 0 aliphatic rings. The Bertz CT molecular complexity index is 1080. The molecule has 1 aromatic heterocycles. The van der Waals surface area contributed by atoms with Crippen LogP contribution in [0, 0.1) is 13.8 Å². The Hall–Kier alpha value is -2.84. The normalized spacial score (nSPS) is 10.7. The van der Waals surface area contributed by atoms with Gasteiger partial charge in [0.15, 0.2) is 5.16 Å². The molecule has 3 rings (SSSR count). The zero-order valence-electron chi connectivity index (χ0n) is 17.6. The molecule has 9 heteroatoms. The smallest absolute Gasteiger partial charge is 0.234 e. The highest BCUT2D eigenvalue weighted by molar-refractivity contribution is 7.99. The number of nitrogens with zero attached hydrogens (tertiary/aromatic N) is 3. The van der Waals surface area contributed by atoms with E-state index in [1.54, 1.807) is 12.1 Å². The van der Waals surface area contributed by atoms with Crippen LogP contribution in [-0.2, 0) is 22.6 Å². The van der Waals surface area contributed by atoms with Gasteiger partial charge in [-0.25, -0.2) is 0 Å². The lowest BCUT2D eigenvalue weighted by molar-refractivity contribution is -0.116. The van der Waals surface area contributed by atoms with Gasteiger partial charge in [-0.1, -0.05) is 47.1 Å². The number of thioether (sulfide) groups is 1. The van der Waals surface area contributed by atoms with Crippen molar-refractivity contribution in [2.75, 3.05) is 16.4 Å². The van der Waals surface area contributed by atoms with Gasteiger partial charge in [0.1, 0.15) is 5.82 Å². The molecule has 0 aliphatic heterocycles. The van der Waals surface area contributed by atoms with Gasteiger partial charge in [0.25, 0.3) is 0 Å². The molecule has 0 spiro atoms. The number of anilines is 2. The van der Waals surface area contributed by atoms with Crippen LogP contribution in [0.2, 0.25) is 5.02 Å². The maximum Gasteiger partial charge on any atom is 0.234 e. The largest absolute Gasteiger partial charge is 0.326 e. The summed E-state index contributed by atoms with van der Waals surface area (Å²) in [6.45, 7) is 6.43. The van der Waals surface area contributed by atoms with Gasteiger partial charge in [-0.05, 0) is 50.6 Å². The van der Waals surface area contributed by atoms with E-state index >= 15 is 0 Å². The first kappa shape index (κ1) is 22.8. The molecule has 0 saturated heterocycles. The molecule has 162 valence electrons. The number of hydrogen-bond acceptors (Lipinski definition) is 5. The molecule has 0 fully saturated rings. The van der Waals surface area contributed by atoms with Crippen molar-refractivity contribution in [3.05, 3.63) is 64.4 Å². The molecule has 0 unspecified atom stereocenters. The van der Waals surface area contributed by atoms with Crippen molar-refractivity contribution in [3.8, 4) is 0 Å². The fraction of sp³-hybridized carbons (Fsp3) is 0.273. The lowest BCUT2D eigenvalue weighted by Crippen LogP contribution is -2.18. The van der Waals surface area contributed by atoms with Crippen molar-refractivity contribution >= 4 is 46.6 Å². The number of aromatic nitrogens is 3. The van der Waals surface area contributed by atoms with Crippen LogP contribution in [0.15, 0.2) is 47.6 Å². The molecule has 0 radical (unpaired) electrons. The average Bonchev–Trinajstić information content (AvgIpc) is 3.12. The molecule has 2 amide bonds. The lowest BCUT2D eigenvalue weighted by Gasteiger charge is -2.09. The van der Waals surface area contributed by atoms with Crippen molar-refractivity contribution in [2.24, 2.45) is 0 Å². The van der Waals surface area contributed by atoms with Crippen LogP contribution in [0.1, 0.15) is 23.9 Å². The fourth-order valence-electron chi connectivity index (χ4n) is 2.86. The molecule has 0 saturated carbocycles. The van der Waals surface area contributed by atoms with Gasteiger partial charge >= 0.3 is 0 Å². The van der Waals surface area contributed by atoms with Crippen LogP contribution >= 0.6 is 23.4 Å². The first-order chi connectivity index (χ1) is 14.9. The van der Waals surface area contributed by atoms with Crippen molar-refractivity contribution in [1.29, 1.82) is 0 Å². The Balaban J connectivity index is 1.58. The fourth-order valence-corrected chi connectivity index (χ4v) is 3.86. The number of rotatable bonds is 8. The highest BCUT2D eigenvalue weighted by Crippen LogP contribution is 2.21. The molecule has 1 heterocycles. The predicted molar refractivity (Wildman–Crippen MR) is 125 cm³/mol. The van der Waals surface area contributed by atoms with E-state index in [-0.39, 0.29) is 24.0 Å². The van der Waals surface area contributed by atoms with Crippen molar-refractivity contribution in [2.45, 2.75) is 38.9 Å². The van der Waals surface area contributed by atoms with E-state index in [0.29, 0.717) is 28.2 Å². The molecular formula is C22H24ClN5O2S. The number of carbonyl (C=O) groups is 2. The Morgan fingerprint density at radius 1 is 1.00 bits per heavy atom. The molecule has 0 atom stereocenters. The molecule has 0 aliphatic carbocycles. The third kappa shape index (κ3) is 6.32. The number of benzene rings is 2. The van der Waals surface area contributed by atoms with Gasteiger partial charge in [-0.15, -0.1) is 10.2 Å². The van der Waals surface area contributed by atoms with Crippen LogP contribution < -0.4 is 10.6 Å². The third-order valence-electron chi connectivity index (χ3n) is 4.55. The van der Waals surface area contributed by atoms with E-state index < -0.39 is 0 Å². The Kier molecular flexibility index (Phi) is 7.70. The van der Waals surface area contributed by atoms with Gasteiger partial charge in [0.2, 0.25) is 11.8 Å². The molecule has 3 aromatic rings. The summed E-state index contributed by atoms with van der Waals surface area (Å²) in [4.78, 5) is 24.7. The summed E-state index contributed by atoms with van der Waals surface area (Å²) in [6.07, 6.45) is 0.0719. The number of carbonyl (C=O) groups excluding carboxylic acids is 2. The zero-order chi connectivity index (χ0) is 22.4. The van der Waals surface area contributed by atoms with E-state index in [4.69, 9.17) is 11.6 Å². The molecule has 2 N–H and O–H groups in total. The number of hydrogen-bond donors (Lipinski definition) is 2. The van der Waals surface area contributed by atoms with Gasteiger partial charge in [-0.3, -0.25) is 9.59 Å². The topological polar surface area (TPSA) is 88.9 Å². The highest BCUT2D eigenvalue weighted by atomic mass is 35.5. The molecule has 2 aromatic carbocycles. The van der Waals surface area contributed by atoms with Crippen molar-refractivity contribution in [1.82, 2.24) is 14.8 Å². The minimum atomic E-state index is -0.212. The summed E-state index contributed by atoms with van der Waals surface area (Å²) in [5.74, 6) is 0.394. The second-order valence-electron chi connectivity index (χ2n) is 7.03. The number of aryl methyl sites for hydroxylation is 2. The number of halogens is 1. The molecular weight excluding hydrogens is 434 g/mol. The number of amides is 2. The van der Waals surface area contributed by atoms with E-state index in [9.17, 15) is 9.59 Å². The van der Waals surface area contributed by atoms with Gasteiger partial charge in [0, 0.05) is 22.9 Å². The SMILES string of the molecule is CCn1c(CC(=O)Nc2ccc(C)c(Cl)c2)nnc1SCC(=O)Nc1ccc(C)cc1. The maximum atomic E-state index is 12.4. The maximum absolute atomic E-state index is 12.4. The Morgan fingerprint density at radius 2 is 1.68 bits per heavy atom. The minimum absolute atomic E-state index is 0.0719. The molecule has 0 bridgehead atoms. The van der Waals surface area contributed by atoms with E-state index in [2.05, 4.69) is 20.8 Å². The molecule has 7 nitrogen and oxygen atoms in total. The van der Waals surface area contributed by atoms with E-state index in [1.165, 1.54) is 11.8 Å². The van der Waals surface area contributed by atoms with Gasteiger partial charge < -0.3 is 15.2 Å². The summed E-state index contributed by atoms with van der Waals surface area (Å²) in [5, 5.41) is 15.2. The van der Waals surface area contributed by atoms with E-state index in [0.717, 1.165) is 16.8 Å². The summed E-state index contributed by atoms with van der Waals surface area (Å²) >= 11 is 7.40. The Morgan fingerprint density at radius 3 is 2.35 bits per heavy atom.